The van der Waals surface area contributed by atoms with E-state index in [2.05, 4.69) is 54.4 Å². The van der Waals surface area contributed by atoms with E-state index in [1.54, 1.807) is 0 Å². The summed E-state index contributed by atoms with van der Waals surface area (Å²) in [6.07, 6.45) is 9.43. The first-order chi connectivity index (χ1) is 14.1. The Labute approximate surface area is 174 Å². The first-order valence-electron chi connectivity index (χ1n) is 11.3. The standard InChI is InChI=1S/C24H35N5/c1-5-7-21-18(3)26-24(27-21)20-9-10-22-23(17(20)2)25-16-29(22)13-6-8-19-11-14-28(4)15-12-19/h9-10,16,19H,5-8,11-15H2,1-4H3,(H,26,27). The number of piperidine rings is 1. The number of H-pyrrole nitrogens is 1. The van der Waals surface area contributed by atoms with E-state index in [1.807, 2.05) is 6.33 Å². The van der Waals surface area contributed by atoms with Crippen molar-refractivity contribution in [1.29, 1.82) is 0 Å². The molecule has 29 heavy (non-hydrogen) atoms. The number of nitrogens with one attached hydrogen (secondary N) is 1. The SMILES string of the molecule is CCCc1nc(-c2ccc3c(ncn3CCCC3CCN(C)CC3)c2C)[nH]c1C. The van der Waals surface area contributed by atoms with Crippen LogP contribution in [0.15, 0.2) is 18.5 Å². The Morgan fingerprint density at radius 3 is 2.72 bits per heavy atom. The lowest BCUT2D eigenvalue weighted by Gasteiger charge is -2.28. The van der Waals surface area contributed by atoms with E-state index in [0.29, 0.717) is 0 Å². The van der Waals surface area contributed by atoms with Crippen LogP contribution in [0.4, 0.5) is 0 Å². The van der Waals surface area contributed by atoms with Crippen LogP contribution < -0.4 is 0 Å². The molecule has 5 nitrogen and oxygen atoms in total. The molecular formula is C24H35N5. The Balaban J connectivity index is 1.48. The second-order valence-electron chi connectivity index (χ2n) is 8.84. The number of benzene rings is 1. The van der Waals surface area contributed by atoms with Crippen molar-refractivity contribution >= 4 is 11.0 Å². The highest BCUT2D eigenvalue weighted by Gasteiger charge is 2.17. The second-order valence-corrected chi connectivity index (χ2v) is 8.84. The summed E-state index contributed by atoms with van der Waals surface area (Å²) in [7, 11) is 2.24. The van der Waals surface area contributed by atoms with Gasteiger partial charge in [0.1, 0.15) is 5.82 Å². The average Bonchev–Trinajstić information content (AvgIpc) is 3.28. The summed E-state index contributed by atoms with van der Waals surface area (Å²) < 4.78 is 2.33. The number of hydrogen-bond acceptors (Lipinski definition) is 3. The van der Waals surface area contributed by atoms with Gasteiger partial charge < -0.3 is 14.5 Å². The lowest BCUT2D eigenvalue weighted by molar-refractivity contribution is 0.209. The van der Waals surface area contributed by atoms with Crippen LogP contribution in [0.25, 0.3) is 22.4 Å². The fraction of sp³-hybridized carbons (Fsp3) is 0.583. The summed E-state index contributed by atoms with van der Waals surface area (Å²) in [6, 6.07) is 4.43. The van der Waals surface area contributed by atoms with Crippen LogP contribution in [-0.4, -0.2) is 44.6 Å². The monoisotopic (exact) mass is 393 g/mol. The van der Waals surface area contributed by atoms with E-state index in [0.717, 1.165) is 36.6 Å². The minimum Gasteiger partial charge on any atom is -0.342 e. The third-order valence-corrected chi connectivity index (χ3v) is 6.62. The predicted octanol–water partition coefficient (Wildman–Crippen LogP) is 5.12. The Morgan fingerprint density at radius 2 is 1.97 bits per heavy atom. The van der Waals surface area contributed by atoms with E-state index in [9.17, 15) is 0 Å². The zero-order valence-corrected chi connectivity index (χ0v) is 18.5. The second kappa shape index (κ2) is 8.70. The molecule has 156 valence electrons. The molecule has 3 aromatic rings. The quantitative estimate of drug-likeness (QED) is 0.606. The number of rotatable bonds is 7. The number of aromatic nitrogens is 4. The van der Waals surface area contributed by atoms with Gasteiger partial charge in [-0.3, -0.25) is 0 Å². The molecule has 0 aliphatic carbocycles. The number of aryl methyl sites for hydroxylation is 4. The van der Waals surface area contributed by atoms with Crippen molar-refractivity contribution in [2.24, 2.45) is 5.92 Å². The summed E-state index contributed by atoms with van der Waals surface area (Å²) in [4.78, 5) is 15.6. The first kappa shape index (κ1) is 20.1. The molecule has 0 spiro atoms. The van der Waals surface area contributed by atoms with Gasteiger partial charge in [0, 0.05) is 17.8 Å². The van der Waals surface area contributed by atoms with Crippen molar-refractivity contribution in [2.75, 3.05) is 20.1 Å². The van der Waals surface area contributed by atoms with Gasteiger partial charge in [0.15, 0.2) is 0 Å². The summed E-state index contributed by atoms with van der Waals surface area (Å²) in [5.41, 5.74) is 7.09. The van der Waals surface area contributed by atoms with Gasteiger partial charge in [-0.2, -0.15) is 0 Å². The zero-order chi connectivity index (χ0) is 20.4. The molecule has 0 radical (unpaired) electrons. The topological polar surface area (TPSA) is 49.7 Å². The smallest absolute Gasteiger partial charge is 0.138 e. The molecule has 1 aliphatic heterocycles. The van der Waals surface area contributed by atoms with Crippen molar-refractivity contribution < 1.29 is 0 Å². The van der Waals surface area contributed by atoms with Crippen LogP contribution in [0, 0.1) is 19.8 Å². The maximum absolute atomic E-state index is 4.86. The minimum absolute atomic E-state index is 0.897. The van der Waals surface area contributed by atoms with Gasteiger partial charge in [0.05, 0.1) is 23.1 Å². The molecule has 1 fully saturated rings. The van der Waals surface area contributed by atoms with Crippen LogP contribution in [0.2, 0.25) is 0 Å². The molecule has 3 heterocycles. The van der Waals surface area contributed by atoms with Gasteiger partial charge in [-0.25, -0.2) is 9.97 Å². The Hall–Kier alpha value is -2.14. The number of hydrogen-bond donors (Lipinski definition) is 1. The van der Waals surface area contributed by atoms with Gasteiger partial charge in [-0.15, -0.1) is 0 Å². The molecule has 1 aromatic carbocycles. The van der Waals surface area contributed by atoms with Crippen molar-refractivity contribution in [3.05, 3.63) is 35.4 Å². The third-order valence-electron chi connectivity index (χ3n) is 6.62. The highest BCUT2D eigenvalue weighted by atomic mass is 15.1. The van der Waals surface area contributed by atoms with Crippen molar-refractivity contribution in [2.45, 2.75) is 65.8 Å². The largest absolute Gasteiger partial charge is 0.342 e. The van der Waals surface area contributed by atoms with E-state index in [4.69, 9.17) is 9.97 Å². The minimum atomic E-state index is 0.897. The summed E-state index contributed by atoms with van der Waals surface area (Å²) in [5, 5.41) is 0. The number of imidazole rings is 2. The Kier molecular flexibility index (Phi) is 6.04. The van der Waals surface area contributed by atoms with Gasteiger partial charge in [0.25, 0.3) is 0 Å². The summed E-state index contributed by atoms with van der Waals surface area (Å²) >= 11 is 0. The maximum atomic E-state index is 4.86. The zero-order valence-electron chi connectivity index (χ0n) is 18.5. The van der Waals surface area contributed by atoms with Gasteiger partial charge in [0.2, 0.25) is 0 Å². The molecule has 0 amide bonds. The summed E-state index contributed by atoms with van der Waals surface area (Å²) in [6.45, 7) is 10.1. The lowest BCUT2D eigenvalue weighted by atomic mass is 9.92. The van der Waals surface area contributed by atoms with Crippen molar-refractivity contribution in [3.63, 3.8) is 0 Å². The van der Waals surface area contributed by atoms with E-state index in [-0.39, 0.29) is 0 Å². The number of nitrogens with zero attached hydrogens (tertiary/aromatic N) is 4. The first-order valence-corrected chi connectivity index (χ1v) is 11.3. The van der Waals surface area contributed by atoms with E-state index < -0.39 is 0 Å². The molecule has 1 aliphatic rings. The van der Waals surface area contributed by atoms with Crippen molar-refractivity contribution in [3.8, 4) is 11.4 Å². The number of aromatic amines is 1. The van der Waals surface area contributed by atoms with Crippen LogP contribution in [-0.2, 0) is 13.0 Å². The maximum Gasteiger partial charge on any atom is 0.138 e. The predicted molar refractivity (Wildman–Crippen MR) is 120 cm³/mol. The Morgan fingerprint density at radius 1 is 1.17 bits per heavy atom. The normalized spacial score (nSPS) is 16.1. The van der Waals surface area contributed by atoms with E-state index in [1.165, 1.54) is 66.8 Å². The van der Waals surface area contributed by atoms with Crippen LogP contribution >= 0.6 is 0 Å². The molecule has 4 rings (SSSR count). The van der Waals surface area contributed by atoms with Crippen molar-refractivity contribution in [1.82, 2.24) is 24.4 Å². The molecule has 0 unspecified atom stereocenters. The molecule has 2 aromatic heterocycles. The fourth-order valence-corrected chi connectivity index (χ4v) is 4.71. The van der Waals surface area contributed by atoms with Gasteiger partial charge >= 0.3 is 0 Å². The third kappa shape index (κ3) is 4.25. The molecule has 1 saturated heterocycles. The molecule has 0 saturated carbocycles. The number of fused-ring (bicyclic) bond motifs is 1. The van der Waals surface area contributed by atoms with Crippen LogP contribution in [0.1, 0.15) is 56.0 Å². The molecule has 1 N–H and O–H groups in total. The number of likely N-dealkylation sites (tertiary alicyclic amines) is 1. The fourth-order valence-electron chi connectivity index (χ4n) is 4.71. The molecule has 5 heteroatoms. The summed E-state index contributed by atoms with van der Waals surface area (Å²) in [5.74, 6) is 1.87. The molecule has 0 bridgehead atoms. The van der Waals surface area contributed by atoms with Gasteiger partial charge in [-0.1, -0.05) is 13.3 Å². The highest BCUT2D eigenvalue weighted by Crippen LogP contribution is 2.29. The lowest BCUT2D eigenvalue weighted by Crippen LogP contribution is -2.30. The molecular weight excluding hydrogens is 358 g/mol. The van der Waals surface area contributed by atoms with Crippen LogP contribution in [0.5, 0.6) is 0 Å². The van der Waals surface area contributed by atoms with Gasteiger partial charge in [-0.05, 0) is 89.7 Å². The molecule has 0 atom stereocenters. The highest BCUT2D eigenvalue weighted by molar-refractivity contribution is 5.85. The van der Waals surface area contributed by atoms with E-state index >= 15 is 0 Å². The van der Waals surface area contributed by atoms with Crippen LogP contribution in [0.3, 0.4) is 0 Å². The average molecular weight is 394 g/mol. The Bertz CT molecular complexity index is 959.